The first-order valence-corrected chi connectivity index (χ1v) is 9.02. The molecule has 0 aliphatic carbocycles. The van der Waals surface area contributed by atoms with Crippen molar-refractivity contribution >= 4 is 11.9 Å². The number of rotatable bonds is 7. The highest BCUT2D eigenvalue weighted by atomic mass is 16.5. The first-order valence-electron chi connectivity index (χ1n) is 9.02. The number of methoxy groups -OCH3 is 1. The van der Waals surface area contributed by atoms with E-state index in [9.17, 15) is 14.7 Å². The van der Waals surface area contributed by atoms with Crippen LogP contribution in [0.4, 0.5) is 0 Å². The van der Waals surface area contributed by atoms with Gasteiger partial charge in [0.25, 0.3) is 5.91 Å². The van der Waals surface area contributed by atoms with E-state index in [2.05, 4.69) is 5.32 Å². The molecule has 1 atom stereocenters. The van der Waals surface area contributed by atoms with Gasteiger partial charge in [-0.1, -0.05) is 54.6 Å². The van der Waals surface area contributed by atoms with Crippen LogP contribution in [0.25, 0.3) is 0 Å². The normalized spacial score (nSPS) is 11.3. The molecule has 3 aromatic carbocycles. The van der Waals surface area contributed by atoms with E-state index >= 15 is 0 Å². The minimum Gasteiger partial charge on any atom is -0.507 e. The Morgan fingerprint density at radius 2 is 1.52 bits per heavy atom. The predicted octanol–water partition coefficient (Wildman–Crippen LogP) is 3.46. The molecular formula is C23H21NO5. The number of para-hydroxylation sites is 1. The second-order valence-corrected chi connectivity index (χ2v) is 6.28. The van der Waals surface area contributed by atoms with Crippen LogP contribution in [0.2, 0.25) is 0 Å². The molecule has 0 unspecified atom stereocenters. The van der Waals surface area contributed by atoms with Gasteiger partial charge in [-0.15, -0.1) is 0 Å². The third-order valence-corrected chi connectivity index (χ3v) is 4.35. The Hall–Kier alpha value is -3.80. The summed E-state index contributed by atoms with van der Waals surface area (Å²) in [6.45, 7) is -0.466. The summed E-state index contributed by atoms with van der Waals surface area (Å²) in [5.74, 6) is -0.709. The quantitative estimate of drug-likeness (QED) is 0.603. The van der Waals surface area contributed by atoms with Crippen molar-refractivity contribution in [3.05, 3.63) is 95.6 Å². The Morgan fingerprint density at radius 1 is 0.897 bits per heavy atom. The average Bonchev–Trinajstić information content (AvgIpc) is 2.77. The summed E-state index contributed by atoms with van der Waals surface area (Å²) in [4.78, 5) is 24.6. The predicted molar refractivity (Wildman–Crippen MR) is 108 cm³/mol. The molecule has 0 aliphatic heterocycles. The van der Waals surface area contributed by atoms with Crippen LogP contribution in [0.15, 0.2) is 78.9 Å². The summed E-state index contributed by atoms with van der Waals surface area (Å²) < 4.78 is 10.2. The first-order chi connectivity index (χ1) is 14.1. The Balaban J connectivity index is 1.71. The third kappa shape index (κ3) is 5.13. The molecule has 0 aromatic heterocycles. The van der Waals surface area contributed by atoms with Crippen molar-refractivity contribution in [2.45, 2.75) is 6.04 Å². The molecule has 0 saturated heterocycles. The number of nitrogens with one attached hydrogen (secondary N) is 1. The van der Waals surface area contributed by atoms with Gasteiger partial charge in [-0.3, -0.25) is 4.79 Å². The third-order valence-electron chi connectivity index (χ3n) is 4.35. The molecule has 148 valence electrons. The number of esters is 1. The van der Waals surface area contributed by atoms with E-state index in [0.717, 1.165) is 11.1 Å². The summed E-state index contributed by atoms with van der Waals surface area (Å²) in [5.41, 5.74) is 1.76. The average molecular weight is 391 g/mol. The molecule has 0 bridgehead atoms. The van der Waals surface area contributed by atoms with Crippen LogP contribution in [0.1, 0.15) is 27.5 Å². The smallest absolute Gasteiger partial charge is 0.342 e. The Bertz CT molecular complexity index is 970. The van der Waals surface area contributed by atoms with Gasteiger partial charge in [0.1, 0.15) is 17.1 Å². The first kappa shape index (κ1) is 19.9. The lowest BCUT2D eigenvalue weighted by Crippen LogP contribution is -2.33. The fourth-order valence-electron chi connectivity index (χ4n) is 2.86. The fourth-order valence-corrected chi connectivity index (χ4v) is 2.86. The van der Waals surface area contributed by atoms with E-state index in [4.69, 9.17) is 9.47 Å². The minimum absolute atomic E-state index is 0.00932. The summed E-state index contributed by atoms with van der Waals surface area (Å²) >= 11 is 0. The molecule has 3 rings (SSSR count). The second kappa shape index (κ2) is 9.41. The maximum atomic E-state index is 12.5. The van der Waals surface area contributed by atoms with Crippen LogP contribution in [0, 0.1) is 0 Å². The largest absolute Gasteiger partial charge is 0.507 e. The molecule has 0 saturated carbocycles. The molecule has 1 amide bonds. The molecule has 6 nitrogen and oxygen atoms in total. The van der Waals surface area contributed by atoms with E-state index in [1.165, 1.54) is 12.1 Å². The SMILES string of the molecule is COc1ccc([C@@H](NC(=O)COC(=O)c2ccccc2O)c2ccccc2)cc1. The van der Waals surface area contributed by atoms with Crippen molar-refractivity contribution < 1.29 is 24.2 Å². The van der Waals surface area contributed by atoms with Gasteiger partial charge in [-0.25, -0.2) is 4.79 Å². The van der Waals surface area contributed by atoms with E-state index in [0.29, 0.717) is 5.75 Å². The number of hydrogen-bond donors (Lipinski definition) is 2. The zero-order valence-corrected chi connectivity index (χ0v) is 15.9. The van der Waals surface area contributed by atoms with Gasteiger partial charge >= 0.3 is 5.97 Å². The van der Waals surface area contributed by atoms with Gasteiger partial charge in [-0.05, 0) is 35.4 Å². The second-order valence-electron chi connectivity index (χ2n) is 6.28. The van der Waals surface area contributed by atoms with E-state index in [1.54, 1.807) is 19.2 Å². The van der Waals surface area contributed by atoms with Gasteiger partial charge in [0, 0.05) is 0 Å². The molecule has 2 N–H and O–H groups in total. The minimum atomic E-state index is -0.765. The lowest BCUT2D eigenvalue weighted by molar-refractivity contribution is -0.124. The maximum Gasteiger partial charge on any atom is 0.342 e. The molecular weight excluding hydrogens is 370 g/mol. The van der Waals surface area contributed by atoms with Crippen molar-refractivity contribution in [2.75, 3.05) is 13.7 Å². The van der Waals surface area contributed by atoms with E-state index in [-0.39, 0.29) is 11.3 Å². The zero-order chi connectivity index (χ0) is 20.6. The van der Waals surface area contributed by atoms with Gasteiger partial charge in [0.15, 0.2) is 6.61 Å². The number of phenols is 1. The molecule has 29 heavy (non-hydrogen) atoms. The van der Waals surface area contributed by atoms with Crippen molar-refractivity contribution in [3.8, 4) is 11.5 Å². The van der Waals surface area contributed by atoms with Crippen LogP contribution in [-0.2, 0) is 9.53 Å². The number of carbonyl (C=O) groups is 2. The Kier molecular flexibility index (Phi) is 6.47. The maximum absolute atomic E-state index is 12.5. The van der Waals surface area contributed by atoms with Gasteiger partial charge < -0.3 is 19.9 Å². The van der Waals surface area contributed by atoms with Crippen LogP contribution in [0.3, 0.4) is 0 Å². The molecule has 6 heteroatoms. The highest BCUT2D eigenvalue weighted by Crippen LogP contribution is 2.24. The van der Waals surface area contributed by atoms with Crippen molar-refractivity contribution in [1.82, 2.24) is 5.32 Å². The number of benzene rings is 3. The summed E-state index contributed by atoms with van der Waals surface area (Å²) in [7, 11) is 1.59. The molecule has 3 aromatic rings. The number of amides is 1. The summed E-state index contributed by atoms with van der Waals surface area (Å²) in [6.07, 6.45) is 0. The molecule has 0 fully saturated rings. The fraction of sp³-hybridized carbons (Fsp3) is 0.130. The lowest BCUT2D eigenvalue weighted by Gasteiger charge is -2.20. The summed E-state index contributed by atoms with van der Waals surface area (Å²) in [6, 6.07) is 22.4. The topological polar surface area (TPSA) is 84.9 Å². The Morgan fingerprint density at radius 3 is 2.17 bits per heavy atom. The number of phenolic OH excluding ortho intramolecular Hbond substituents is 1. The van der Waals surface area contributed by atoms with Crippen LogP contribution >= 0.6 is 0 Å². The van der Waals surface area contributed by atoms with Gasteiger partial charge in [-0.2, -0.15) is 0 Å². The standard InChI is InChI=1S/C23H21NO5/c1-28-18-13-11-17(12-14-18)22(16-7-3-2-4-8-16)24-21(26)15-29-23(27)19-9-5-6-10-20(19)25/h2-14,22,25H,15H2,1H3,(H,24,26)/t22-/m0/s1. The molecule has 0 spiro atoms. The van der Waals surface area contributed by atoms with Crippen molar-refractivity contribution in [2.24, 2.45) is 0 Å². The zero-order valence-electron chi connectivity index (χ0n) is 15.9. The van der Waals surface area contributed by atoms with E-state index < -0.39 is 24.5 Å². The van der Waals surface area contributed by atoms with Crippen LogP contribution in [-0.4, -0.2) is 30.7 Å². The lowest BCUT2D eigenvalue weighted by atomic mass is 9.98. The van der Waals surface area contributed by atoms with Crippen molar-refractivity contribution in [1.29, 1.82) is 0 Å². The number of ether oxygens (including phenoxy) is 2. The van der Waals surface area contributed by atoms with Crippen LogP contribution < -0.4 is 10.1 Å². The van der Waals surface area contributed by atoms with E-state index in [1.807, 2.05) is 54.6 Å². The van der Waals surface area contributed by atoms with Gasteiger partial charge in [0.05, 0.1) is 13.2 Å². The highest BCUT2D eigenvalue weighted by Gasteiger charge is 2.19. The summed E-state index contributed by atoms with van der Waals surface area (Å²) in [5, 5.41) is 12.6. The molecule has 0 radical (unpaired) electrons. The molecule has 0 aliphatic rings. The van der Waals surface area contributed by atoms with Gasteiger partial charge in [0.2, 0.25) is 0 Å². The number of carbonyl (C=O) groups excluding carboxylic acids is 2. The molecule has 0 heterocycles. The van der Waals surface area contributed by atoms with Crippen molar-refractivity contribution in [3.63, 3.8) is 0 Å². The Labute approximate surface area is 168 Å². The number of aromatic hydroxyl groups is 1. The highest BCUT2D eigenvalue weighted by molar-refractivity contribution is 5.93. The van der Waals surface area contributed by atoms with Crippen LogP contribution in [0.5, 0.6) is 11.5 Å². The monoisotopic (exact) mass is 391 g/mol. The number of hydrogen-bond acceptors (Lipinski definition) is 5.